The number of likely N-dealkylation sites (tertiary alicyclic amines) is 1. The van der Waals surface area contributed by atoms with Crippen LogP contribution in [-0.2, 0) is 24.4 Å². The molecular weight excluding hydrogens is 738 g/mol. The number of piperazine rings is 1. The SMILES string of the molecule is CS(=O)(=O)N1CCN([C@H]2C[C@@H](C(=O)Nc3ccc(C(=O)O)cc3)N(C(=O)c3ccc(C(=N)N)cc3)C2)CC1.O=C(O)C(F)(F)F.O=C(O)C(F)(F)F. The summed E-state index contributed by atoms with van der Waals surface area (Å²) in [5, 5.41) is 33.7. The molecule has 0 aliphatic carbocycles. The lowest BCUT2D eigenvalue weighted by Gasteiger charge is -2.36. The Morgan fingerprint density at radius 3 is 1.60 bits per heavy atom. The molecule has 2 heterocycles. The quantitative estimate of drug-likeness (QED) is 0.134. The van der Waals surface area contributed by atoms with Crippen LogP contribution in [0.2, 0.25) is 0 Å². The van der Waals surface area contributed by atoms with Crippen molar-refractivity contribution in [3.63, 3.8) is 0 Å². The van der Waals surface area contributed by atoms with Gasteiger partial charge in [-0.05, 0) is 42.8 Å². The van der Waals surface area contributed by atoms with Crippen LogP contribution in [0.25, 0.3) is 0 Å². The Hall–Kier alpha value is -5.29. The molecule has 2 aliphatic rings. The zero-order chi connectivity index (χ0) is 39.8. The maximum atomic E-state index is 13.5. The highest BCUT2D eigenvalue weighted by atomic mass is 32.2. The van der Waals surface area contributed by atoms with Crippen LogP contribution in [0.15, 0.2) is 48.5 Å². The van der Waals surface area contributed by atoms with Gasteiger partial charge in [0.2, 0.25) is 15.9 Å². The van der Waals surface area contributed by atoms with Crippen molar-refractivity contribution in [1.29, 1.82) is 5.41 Å². The molecular formula is C29H32F6N6O10S. The lowest BCUT2D eigenvalue weighted by atomic mass is 10.1. The second-order valence-electron chi connectivity index (χ2n) is 11.0. The third kappa shape index (κ3) is 12.5. The predicted octanol–water partition coefficient (Wildman–Crippen LogP) is 1.73. The van der Waals surface area contributed by atoms with Crippen LogP contribution in [0, 0.1) is 5.41 Å². The maximum absolute atomic E-state index is 13.5. The first-order valence-electron chi connectivity index (χ1n) is 14.5. The van der Waals surface area contributed by atoms with Crippen molar-refractivity contribution < 1.29 is 74.1 Å². The van der Waals surface area contributed by atoms with Crippen LogP contribution in [0.3, 0.4) is 0 Å². The van der Waals surface area contributed by atoms with Gasteiger partial charge in [0.15, 0.2) is 0 Å². The molecule has 286 valence electrons. The van der Waals surface area contributed by atoms with Crippen molar-refractivity contribution in [2.75, 3.05) is 44.3 Å². The highest BCUT2D eigenvalue weighted by Crippen LogP contribution is 2.27. The monoisotopic (exact) mass is 770 g/mol. The van der Waals surface area contributed by atoms with Crippen molar-refractivity contribution in [2.45, 2.75) is 30.9 Å². The van der Waals surface area contributed by atoms with Gasteiger partial charge in [-0.2, -0.15) is 30.6 Å². The van der Waals surface area contributed by atoms with E-state index in [1.54, 1.807) is 24.3 Å². The molecule has 4 rings (SSSR count). The van der Waals surface area contributed by atoms with E-state index in [0.29, 0.717) is 49.4 Å². The molecule has 52 heavy (non-hydrogen) atoms. The van der Waals surface area contributed by atoms with Gasteiger partial charge in [-0.3, -0.25) is 19.9 Å². The van der Waals surface area contributed by atoms with E-state index in [0.717, 1.165) is 0 Å². The second-order valence-corrected chi connectivity index (χ2v) is 13.0. The lowest BCUT2D eigenvalue weighted by molar-refractivity contribution is -0.193. The number of nitrogen functional groups attached to an aromatic ring is 1. The number of aromatic carboxylic acids is 1. The van der Waals surface area contributed by atoms with Gasteiger partial charge < -0.3 is 31.3 Å². The summed E-state index contributed by atoms with van der Waals surface area (Å²) in [6.07, 6.45) is -8.63. The number of carbonyl (C=O) groups excluding carboxylic acids is 2. The summed E-state index contributed by atoms with van der Waals surface area (Å²) in [6.45, 7) is 1.92. The van der Waals surface area contributed by atoms with Crippen molar-refractivity contribution in [3.8, 4) is 0 Å². The number of nitrogens with zero attached hydrogens (tertiary/aromatic N) is 3. The summed E-state index contributed by atoms with van der Waals surface area (Å²) in [6, 6.07) is 11.1. The molecule has 2 aromatic carbocycles. The van der Waals surface area contributed by atoms with Crippen LogP contribution in [0.4, 0.5) is 32.0 Å². The minimum absolute atomic E-state index is 0.0861. The Morgan fingerprint density at radius 2 is 1.21 bits per heavy atom. The topological polar surface area (TPSA) is 252 Å². The van der Waals surface area contributed by atoms with Crippen molar-refractivity contribution in [2.24, 2.45) is 5.73 Å². The molecule has 2 atom stereocenters. The number of nitrogens with two attached hydrogens (primary N) is 1. The number of nitrogens with one attached hydrogen (secondary N) is 2. The number of sulfonamides is 1. The Balaban J connectivity index is 0.000000564. The first kappa shape index (κ1) is 42.9. The average molecular weight is 771 g/mol. The standard InChI is InChI=1S/C25H30N6O6S.2C2HF3O2/c1-38(36,37)30-12-10-29(11-13-30)20-14-21(23(32)28-19-8-6-18(7-9-19)25(34)35)31(15-20)24(33)17-4-2-16(3-5-17)22(26)27;2*3-2(4,5)1(6)7/h2-9,20-21H,10-15H2,1H3,(H3,26,27)(H,28,32)(H,34,35);2*(H,6,7)/t20-,21-;;/m0../s1. The van der Waals surface area contributed by atoms with E-state index in [2.05, 4.69) is 10.2 Å². The van der Waals surface area contributed by atoms with Gasteiger partial charge in [-0.25, -0.2) is 22.8 Å². The zero-order valence-electron chi connectivity index (χ0n) is 26.8. The van der Waals surface area contributed by atoms with Gasteiger partial charge in [-0.15, -0.1) is 0 Å². The molecule has 23 heteroatoms. The maximum Gasteiger partial charge on any atom is 0.490 e. The van der Waals surface area contributed by atoms with E-state index in [-0.39, 0.29) is 29.9 Å². The highest BCUT2D eigenvalue weighted by Gasteiger charge is 2.43. The molecule has 2 fully saturated rings. The minimum atomic E-state index is -5.08. The predicted molar refractivity (Wildman–Crippen MR) is 168 cm³/mol. The second kappa shape index (κ2) is 17.3. The molecule has 0 saturated carbocycles. The number of aliphatic carboxylic acids is 2. The van der Waals surface area contributed by atoms with Gasteiger partial charge >= 0.3 is 30.3 Å². The zero-order valence-corrected chi connectivity index (χ0v) is 27.6. The molecule has 0 bridgehead atoms. The molecule has 7 N–H and O–H groups in total. The van der Waals surface area contributed by atoms with E-state index >= 15 is 0 Å². The van der Waals surface area contributed by atoms with Crippen molar-refractivity contribution >= 4 is 51.3 Å². The van der Waals surface area contributed by atoms with Gasteiger partial charge in [0, 0.05) is 55.6 Å². The third-order valence-electron chi connectivity index (χ3n) is 7.43. The number of amidine groups is 1. The fourth-order valence-corrected chi connectivity index (χ4v) is 5.66. The number of carboxylic acids is 3. The summed E-state index contributed by atoms with van der Waals surface area (Å²) < 4.78 is 88.7. The van der Waals surface area contributed by atoms with Crippen molar-refractivity contribution in [1.82, 2.24) is 14.1 Å². The van der Waals surface area contributed by atoms with Crippen LogP contribution < -0.4 is 11.1 Å². The largest absolute Gasteiger partial charge is 0.490 e. The van der Waals surface area contributed by atoms with Gasteiger partial charge in [0.25, 0.3) is 5.91 Å². The number of amides is 2. The number of carbonyl (C=O) groups is 5. The van der Waals surface area contributed by atoms with E-state index in [9.17, 15) is 49.1 Å². The fraction of sp³-hybridized carbons (Fsp3) is 0.379. The van der Waals surface area contributed by atoms with E-state index < -0.39 is 52.2 Å². The Labute approximate surface area is 290 Å². The fourth-order valence-electron chi connectivity index (χ4n) is 4.83. The summed E-state index contributed by atoms with van der Waals surface area (Å²) in [7, 11) is -3.29. The number of carboxylic acid groups (broad SMARTS) is 3. The lowest BCUT2D eigenvalue weighted by Crippen LogP contribution is -2.52. The van der Waals surface area contributed by atoms with Crippen LogP contribution in [0.5, 0.6) is 0 Å². The molecule has 16 nitrogen and oxygen atoms in total. The van der Waals surface area contributed by atoms with Crippen LogP contribution in [-0.4, -0.2) is 137 Å². The highest BCUT2D eigenvalue weighted by molar-refractivity contribution is 7.88. The summed E-state index contributed by atoms with van der Waals surface area (Å²) in [4.78, 5) is 59.4. The minimum Gasteiger partial charge on any atom is -0.478 e. The first-order chi connectivity index (χ1) is 23.8. The first-order valence-corrected chi connectivity index (χ1v) is 16.4. The molecule has 0 unspecified atom stereocenters. The summed E-state index contributed by atoms with van der Waals surface area (Å²) >= 11 is 0. The van der Waals surface area contributed by atoms with E-state index in [1.165, 1.54) is 39.7 Å². The molecule has 0 aromatic heterocycles. The third-order valence-corrected chi connectivity index (χ3v) is 8.73. The van der Waals surface area contributed by atoms with Gasteiger partial charge in [0.1, 0.15) is 11.9 Å². The van der Waals surface area contributed by atoms with E-state index in [4.69, 9.17) is 36.1 Å². The number of benzene rings is 2. The molecule has 0 radical (unpaired) electrons. The summed E-state index contributed by atoms with van der Waals surface area (Å²) in [5.41, 5.74) is 6.83. The average Bonchev–Trinajstić information content (AvgIpc) is 3.50. The number of rotatable bonds is 7. The Bertz CT molecular complexity index is 1720. The molecule has 2 saturated heterocycles. The number of hydrogen-bond acceptors (Lipinski definition) is 9. The number of anilines is 1. The molecule has 0 spiro atoms. The van der Waals surface area contributed by atoms with Crippen molar-refractivity contribution in [3.05, 3.63) is 65.2 Å². The van der Waals surface area contributed by atoms with Crippen LogP contribution >= 0.6 is 0 Å². The number of alkyl halides is 6. The van der Waals surface area contributed by atoms with E-state index in [1.807, 2.05) is 0 Å². The number of hydrogen-bond donors (Lipinski definition) is 6. The Kier molecular flexibility index (Phi) is 14.3. The summed E-state index contributed by atoms with van der Waals surface area (Å²) in [5.74, 6) is -7.47. The normalized spacial score (nSPS) is 18.2. The smallest absolute Gasteiger partial charge is 0.478 e. The van der Waals surface area contributed by atoms with Gasteiger partial charge in [-0.1, -0.05) is 12.1 Å². The molecule has 2 aliphatic heterocycles. The van der Waals surface area contributed by atoms with Crippen LogP contribution in [0.1, 0.15) is 32.7 Å². The Morgan fingerprint density at radius 1 is 0.788 bits per heavy atom. The molecule has 2 aromatic rings. The van der Waals surface area contributed by atoms with Gasteiger partial charge in [0.05, 0.1) is 11.8 Å². The number of halogens is 6. The molecule has 2 amide bonds.